The summed E-state index contributed by atoms with van der Waals surface area (Å²) in [4.78, 5) is 24.3. The Morgan fingerprint density at radius 1 is 1.52 bits per heavy atom. The Hall–Kier alpha value is -2.02. The Bertz CT molecular complexity index is 588. The summed E-state index contributed by atoms with van der Waals surface area (Å²) < 4.78 is 19.0. The fourth-order valence-corrected chi connectivity index (χ4v) is 2.62. The monoisotopic (exact) mass is 296 g/mol. The zero-order valence-electron chi connectivity index (χ0n) is 12.1. The molecule has 0 spiro atoms. The molecule has 2 rings (SSSR count). The lowest BCUT2D eigenvalue weighted by molar-refractivity contribution is -0.385. The van der Waals surface area contributed by atoms with Crippen LogP contribution in [0.1, 0.15) is 31.1 Å². The quantitative estimate of drug-likeness (QED) is 0.620. The summed E-state index contributed by atoms with van der Waals surface area (Å²) >= 11 is 0. The van der Waals surface area contributed by atoms with Gasteiger partial charge in [0, 0.05) is 19.2 Å². The maximum absolute atomic E-state index is 13.3. The fraction of sp³-hybridized carbons (Fsp3) is 0.500. The van der Waals surface area contributed by atoms with Crippen molar-refractivity contribution in [1.29, 1.82) is 0 Å². The maximum Gasteiger partial charge on any atom is 0.282 e. The van der Waals surface area contributed by atoms with Gasteiger partial charge in [-0.3, -0.25) is 14.9 Å². The van der Waals surface area contributed by atoms with Gasteiger partial charge in [-0.15, -0.1) is 0 Å². The minimum absolute atomic E-state index is 0.190. The number of hydrogen-bond acceptors (Lipinski definition) is 4. The van der Waals surface area contributed by atoms with E-state index in [9.17, 15) is 19.3 Å². The van der Waals surface area contributed by atoms with Crippen LogP contribution < -0.4 is 0 Å². The molecule has 1 atom stereocenters. The van der Waals surface area contributed by atoms with Gasteiger partial charge in [0.25, 0.3) is 11.6 Å². The molecule has 0 N–H and O–H groups in total. The fourth-order valence-electron chi connectivity index (χ4n) is 2.62. The number of ether oxygens (including phenoxy) is 1. The first-order valence-electron chi connectivity index (χ1n) is 6.60. The van der Waals surface area contributed by atoms with Crippen LogP contribution in [0, 0.1) is 15.9 Å². The lowest BCUT2D eigenvalue weighted by Crippen LogP contribution is -2.53. The highest BCUT2D eigenvalue weighted by Crippen LogP contribution is 2.26. The zero-order valence-corrected chi connectivity index (χ0v) is 12.1. The first kappa shape index (κ1) is 15.4. The summed E-state index contributed by atoms with van der Waals surface area (Å²) in [6, 6.07) is 2.89. The Morgan fingerprint density at radius 2 is 2.19 bits per heavy atom. The average molecular weight is 296 g/mol. The standard InChI is InChI=1S/C14H17FN2O4/c1-9-7-16(8-14(2,3)21-9)13(18)11-6-10(15)4-5-12(11)17(19)20/h4-6,9H,7-8H2,1-3H3. The Balaban J connectivity index is 2.36. The molecule has 0 aliphatic carbocycles. The number of benzene rings is 1. The number of nitrogens with zero attached hydrogens (tertiary/aromatic N) is 2. The van der Waals surface area contributed by atoms with Gasteiger partial charge in [-0.25, -0.2) is 4.39 Å². The maximum atomic E-state index is 13.3. The molecule has 114 valence electrons. The summed E-state index contributed by atoms with van der Waals surface area (Å²) in [5, 5.41) is 11.0. The molecule has 1 heterocycles. The Morgan fingerprint density at radius 3 is 2.76 bits per heavy atom. The van der Waals surface area contributed by atoms with E-state index in [2.05, 4.69) is 0 Å². The lowest BCUT2D eigenvalue weighted by atomic mass is 10.0. The minimum atomic E-state index is -0.679. The number of rotatable bonds is 2. The van der Waals surface area contributed by atoms with Crippen LogP contribution >= 0.6 is 0 Å². The molecule has 1 aliphatic rings. The molecule has 1 aromatic rings. The molecule has 0 aromatic heterocycles. The van der Waals surface area contributed by atoms with E-state index in [0.29, 0.717) is 13.1 Å². The van der Waals surface area contributed by atoms with Crippen LogP contribution in [0.4, 0.5) is 10.1 Å². The SMILES string of the molecule is CC1CN(C(=O)c2cc(F)ccc2[N+](=O)[O-])CC(C)(C)O1. The van der Waals surface area contributed by atoms with Gasteiger partial charge in [0.1, 0.15) is 11.4 Å². The Labute approximate surface area is 121 Å². The molecule has 0 radical (unpaired) electrons. The largest absolute Gasteiger partial charge is 0.369 e. The van der Waals surface area contributed by atoms with Crippen LogP contribution in [0.5, 0.6) is 0 Å². The predicted molar refractivity (Wildman–Crippen MR) is 73.6 cm³/mol. The third kappa shape index (κ3) is 3.36. The number of carbonyl (C=O) groups is 1. The van der Waals surface area contributed by atoms with Crippen molar-refractivity contribution in [2.24, 2.45) is 0 Å². The van der Waals surface area contributed by atoms with Gasteiger partial charge in [-0.05, 0) is 32.9 Å². The topological polar surface area (TPSA) is 72.7 Å². The number of morpholine rings is 1. The minimum Gasteiger partial charge on any atom is -0.369 e. The molecule has 1 saturated heterocycles. The molecule has 21 heavy (non-hydrogen) atoms. The van der Waals surface area contributed by atoms with Gasteiger partial charge in [-0.2, -0.15) is 0 Å². The van der Waals surface area contributed by atoms with E-state index in [4.69, 9.17) is 4.74 Å². The summed E-state index contributed by atoms with van der Waals surface area (Å²) in [6.45, 7) is 6.10. The van der Waals surface area contributed by atoms with Gasteiger partial charge in [-0.1, -0.05) is 0 Å². The first-order chi connectivity index (χ1) is 9.69. The third-order valence-electron chi connectivity index (χ3n) is 3.24. The molecule has 1 amide bonds. The number of nitro benzene ring substituents is 1. The normalized spacial score (nSPS) is 21.1. The van der Waals surface area contributed by atoms with E-state index in [1.165, 1.54) is 4.90 Å². The first-order valence-corrected chi connectivity index (χ1v) is 6.60. The highest BCUT2D eigenvalue weighted by Gasteiger charge is 2.36. The molecule has 0 bridgehead atoms. The van der Waals surface area contributed by atoms with E-state index >= 15 is 0 Å². The van der Waals surface area contributed by atoms with Crippen LogP contribution in [0.2, 0.25) is 0 Å². The van der Waals surface area contributed by atoms with Gasteiger partial charge in [0.2, 0.25) is 0 Å². The molecule has 1 aromatic carbocycles. The number of carbonyl (C=O) groups excluding carboxylic acids is 1. The highest BCUT2D eigenvalue weighted by atomic mass is 19.1. The van der Waals surface area contributed by atoms with Crippen LogP contribution in [-0.2, 0) is 4.74 Å². The van der Waals surface area contributed by atoms with Crippen molar-refractivity contribution >= 4 is 11.6 Å². The van der Waals surface area contributed by atoms with E-state index < -0.39 is 27.9 Å². The Kier molecular flexibility index (Phi) is 3.95. The molecule has 0 saturated carbocycles. The molecular formula is C14H17FN2O4. The van der Waals surface area contributed by atoms with Crippen molar-refractivity contribution in [3.8, 4) is 0 Å². The molecule has 6 nitrogen and oxygen atoms in total. The van der Waals surface area contributed by atoms with Crippen LogP contribution in [0.3, 0.4) is 0 Å². The predicted octanol–water partition coefficient (Wildman–Crippen LogP) is 2.37. The van der Waals surface area contributed by atoms with Crippen molar-refractivity contribution in [3.63, 3.8) is 0 Å². The molecule has 1 unspecified atom stereocenters. The van der Waals surface area contributed by atoms with Crippen LogP contribution in [0.15, 0.2) is 18.2 Å². The van der Waals surface area contributed by atoms with E-state index in [-0.39, 0.29) is 11.7 Å². The smallest absolute Gasteiger partial charge is 0.282 e. The number of amides is 1. The van der Waals surface area contributed by atoms with E-state index in [0.717, 1.165) is 18.2 Å². The summed E-state index contributed by atoms with van der Waals surface area (Å²) in [7, 11) is 0. The second-order valence-corrected chi connectivity index (χ2v) is 5.79. The van der Waals surface area contributed by atoms with Crippen molar-refractivity contribution in [2.45, 2.75) is 32.5 Å². The lowest BCUT2D eigenvalue weighted by Gasteiger charge is -2.41. The van der Waals surface area contributed by atoms with Gasteiger partial charge < -0.3 is 9.64 Å². The molecule has 1 aliphatic heterocycles. The van der Waals surface area contributed by atoms with Gasteiger partial charge >= 0.3 is 0 Å². The summed E-state index contributed by atoms with van der Waals surface area (Å²) in [5.74, 6) is -1.23. The van der Waals surface area contributed by atoms with E-state index in [1.54, 1.807) is 0 Å². The van der Waals surface area contributed by atoms with Crippen molar-refractivity contribution in [2.75, 3.05) is 13.1 Å². The van der Waals surface area contributed by atoms with Gasteiger partial charge in [0.05, 0.1) is 16.6 Å². The summed E-state index contributed by atoms with van der Waals surface area (Å²) in [5.41, 5.74) is -1.17. The highest BCUT2D eigenvalue weighted by molar-refractivity contribution is 5.98. The molecule has 1 fully saturated rings. The van der Waals surface area contributed by atoms with Crippen molar-refractivity contribution in [3.05, 3.63) is 39.7 Å². The zero-order chi connectivity index (χ0) is 15.8. The average Bonchev–Trinajstić information content (AvgIpc) is 2.34. The van der Waals surface area contributed by atoms with Crippen LogP contribution in [0.25, 0.3) is 0 Å². The molecular weight excluding hydrogens is 279 g/mol. The second-order valence-electron chi connectivity index (χ2n) is 5.79. The number of halogens is 1. The molecule has 7 heteroatoms. The second kappa shape index (κ2) is 5.40. The van der Waals surface area contributed by atoms with Crippen molar-refractivity contribution < 1.29 is 18.8 Å². The number of hydrogen-bond donors (Lipinski definition) is 0. The van der Waals surface area contributed by atoms with Crippen LogP contribution in [-0.4, -0.2) is 40.5 Å². The summed E-state index contributed by atoms with van der Waals surface area (Å²) in [6.07, 6.45) is -0.190. The number of nitro groups is 1. The van der Waals surface area contributed by atoms with E-state index in [1.807, 2.05) is 20.8 Å². The van der Waals surface area contributed by atoms with Crippen molar-refractivity contribution in [1.82, 2.24) is 4.90 Å². The third-order valence-corrected chi connectivity index (χ3v) is 3.24. The van der Waals surface area contributed by atoms with Gasteiger partial charge in [0.15, 0.2) is 0 Å².